The molecule has 2 atom stereocenters. The highest BCUT2D eigenvalue weighted by molar-refractivity contribution is 5.59. The maximum atomic E-state index is 5.67. The van der Waals surface area contributed by atoms with Crippen LogP contribution in [0.25, 0.3) is 0 Å². The van der Waals surface area contributed by atoms with Crippen LogP contribution in [0.15, 0.2) is 18.2 Å². The summed E-state index contributed by atoms with van der Waals surface area (Å²) in [5.74, 6) is 0.755. The minimum absolute atomic E-state index is 0.600. The summed E-state index contributed by atoms with van der Waals surface area (Å²) in [4.78, 5) is 2.59. The van der Waals surface area contributed by atoms with Crippen LogP contribution in [0.5, 0.6) is 0 Å². The van der Waals surface area contributed by atoms with E-state index in [1.54, 1.807) is 0 Å². The number of aryl methyl sites for hydroxylation is 1. The van der Waals surface area contributed by atoms with Gasteiger partial charge in [0.2, 0.25) is 0 Å². The Kier molecular flexibility index (Phi) is 2.83. The number of ether oxygens (including phenoxy) is 1. The van der Waals surface area contributed by atoms with Crippen molar-refractivity contribution in [1.29, 1.82) is 0 Å². The molecule has 1 aromatic rings. The summed E-state index contributed by atoms with van der Waals surface area (Å²) in [6.45, 7) is 7.32. The highest BCUT2D eigenvalue weighted by atomic mass is 16.5. The fourth-order valence-electron chi connectivity index (χ4n) is 3.26. The SMILES string of the molecule is CCC1Cc2ccc(C)cc2N2CCOCC12. The Morgan fingerprint density at radius 2 is 2.29 bits per heavy atom. The molecule has 2 heterocycles. The Hall–Kier alpha value is -1.02. The smallest absolute Gasteiger partial charge is 0.0673 e. The quantitative estimate of drug-likeness (QED) is 0.737. The molecule has 0 radical (unpaired) electrons. The lowest BCUT2D eigenvalue weighted by Gasteiger charge is -2.46. The van der Waals surface area contributed by atoms with Crippen molar-refractivity contribution in [2.45, 2.75) is 32.7 Å². The highest BCUT2D eigenvalue weighted by Crippen LogP contribution is 2.37. The molecular formula is C15H21NO. The third kappa shape index (κ3) is 1.85. The van der Waals surface area contributed by atoms with Crippen LogP contribution in [0.1, 0.15) is 24.5 Å². The van der Waals surface area contributed by atoms with Crippen molar-refractivity contribution in [3.63, 3.8) is 0 Å². The topological polar surface area (TPSA) is 12.5 Å². The average molecular weight is 231 g/mol. The normalized spacial score (nSPS) is 27.5. The number of hydrogen-bond donors (Lipinski definition) is 0. The van der Waals surface area contributed by atoms with Crippen molar-refractivity contribution in [3.05, 3.63) is 29.3 Å². The van der Waals surface area contributed by atoms with E-state index in [1.807, 2.05) is 0 Å². The van der Waals surface area contributed by atoms with E-state index >= 15 is 0 Å². The first kappa shape index (κ1) is 11.1. The average Bonchev–Trinajstić information content (AvgIpc) is 2.38. The Balaban J connectivity index is 2.02. The fourth-order valence-corrected chi connectivity index (χ4v) is 3.26. The molecule has 0 aromatic heterocycles. The lowest BCUT2D eigenvalue weighted by molar-refractivity contribution is 0.0713. The molecule has 92 valence electrons. The highest BCUT2D eigenvalue weighted by Gasteiger charge is 2.35. The van der Waals surface area contributed by atoms with Gasteiger partial charge < -0.3 is 9.64 Å². The van der Waals surface area contributed by atoms with Crippen molar-refractivity contribution in [2.24, 2.45) is 5.92 Å². The van der Waals surface area contributed by atoms with Gasteiger partial charge in [-0.3, -0.25) is 0 Å². The summed E-state index contributed by atoms with van der Waals surface area (Å²) in [6.07, 6.45) is 2.47. The third-order valence-electron chi connectivity index (χ3n) is 4.27. The molecule has 17 heavy (non-hydrogen) atoms. The van der Waals surface area contributed by atoms with E-state index in [0.29, 0.717) is 6.04 Å². The van der Waals surface area contributed by atoms with E-state index in [4.69, 9.17) is 4.74 Å². The predicted octanol–water partition coefficient (Wildman–Crippen LogP) is 2.78. The molecule has 1 aromatic carbocycles. The Bertz CT molecular complexity index is 415. The second-order valence-corrected chi connectivity index (χ2v) is 5.34. The van der Waals surface area contributed by atoms with Gasteiger partial charge in [-0.25, -0.2) is 0 Å². The summed E-state index contributed by atoms with van der Waals surface area (Å²) in [6, 6.07) is 7.51. The van der Waals surface area contributed by atoms with Crippen LogP contribution in [0, 0.1) is 12.8 Å². The molecule has 2 aliphatic heterocycles. The van der Waals surface area contributed by atoms with Crippen LogP contribution < -0.4 is 4.90 Å². The molecule has 2 unspecified atom stereocenters. The number of anilines is 1. The van der Waals surface area contributed by atoms with Gasteiger partial charge in [0.15, 0.2) is 0 Å². The number of hydrogen-bond acceptors (Lipinski definition) is 2. The molecule has 0 aliphatic carbocycles. The molecular weight excluding hydrogens is 210 g/mol. The summed E-state index contributed by atoms with van der Waals surface area (Å²) in [7, 11) is 0. The zero-order valence-electron chi connectivity index (χ0n) is 10.8. The van der Waals surface area contributed by atoms with Crippen molar-refractivity contribution >= 4 is 5.69 Å². The second-order valence-electron chi connectivity index (χ2n) is 5.34. The first-order valence-electron chi connectivity index (χ1n) is 6.73. The Morgan fingerprint density at radius 3 is 3.12 bits per heavy atom. The molecule has 0 spiro atoms. The molecule has 2 nitrogen and oxygen atoms in total. The van der Waals surface area contributed by atoms with Crippen LogP contribution in [0.2, 0.25) is 0 Å². The number of rotatable bonds is 1. The van der Waals surface area contributed by atoms with E-state index in [-0.39, 0.29) is 0 Å². The maximum Gasteiger partial charge on any atom is 0.0673 e. The number of morpholine rings is 1. The summed E-state index contributed by atoms with van der Waals surface area (Å²) >= 11 is 0. The predicted molar refractivity (Wildman–Crippen MR) is 70.6 cm³/mol. The molecule has 1 fully saturated rings. The number of nitrogens with zero attached hydrogens (tertiary/aromatic N) is 1. The largest absolute Gasteiger partial charge is 0.377 e. The Morgan fingerprint density at radius 1 is 1.41 bits per heavy atom. The molecule has 1 saturated heterocycles. The van der Waals surface area contributed by atoms with Crippen molar-refractivity contribution in [2.75, 3.05) is 24.7 Å². The van der Waals surface area contributed by atoms with Crippen LogP contribution in [-0.4, -0.2) is 25.8 Å². The van der Waals surface area contributed by atoms with Crippen LogP contribution >= 0.6 is 0 Å². The van der Waals surface area contributed by atoms with Gasteiger partial charge in [0.1, 0.15) is 0 Å². The van der Waals surface area contributed by atoms with Crippen molar-refractivity contribution in [3.8, 4) is 0 Å². The van der Waals surface area contributed by atoms with Gasteiger partial charge >= 0.3 is 0 Å². The third-order valence-corrected chi connectivity index (χ3v) is 4.27. The summed E-state index contributed by atoms with van der Waals surface area (Å²) < 4.78 is 5.67. The van der Waals surface area contributed by atoms with E-state index in [0.717, 1.165) is 25.7 Å². The van der Waals surface area contributed by atoms with Crippen LogP contribution in [-0.2, 0) is 11.2 Å². The van der Waals surface area contributed by atoms with Gasteiger partial charge in [-0.2, -0.15) is 0 Å². The van der Waals surface area contributed by atoms with Gasteiger partial charge in [-0.15, -0.1) is 0 Å². The monoisotopic (exact) mass is 231 g/mol. The summed E-state index contributed by atoms with van der Waals surface area (Å²) in [5.41, 5.74) is 4.35. The molecule has 2 heteroatoms. The molecule has 2 aliphatic rings. The lowest BCUT2D eigenvalue weighted by Crippen LogP contribution is -2.52. The van der Waals surface area contributed by atoms with Crippen LogP contribution in [0.3, 0.4) is 0 Å². The lowest BCUT2D eigenvalue weighted by atomic mass is 9.83. The molecule has 0 N–H and O–H groups in total. The maximum absolute atomic E-state index is 5.67. The van der Waals surface area contributed by atoms with Gasteiger partial charge in [-0.05, 0) is 36.5 Å². The minimum Gasteiger partial charge on any atom is -0.377 e. The van der Waals surface area contributed by atoms with E-state index in [9.17, 15) is 0 Å². The molecule has 0 amide bonds. The zero-order valence-corrected chi connectivity index (χ0v) is 10.8. The Labute approximate surface area is 104 Å². The summed E-state index contributed by atoms with van der Waals surface area (Å²) in [5, 5.41) is 0. The first-order valence-corrected chi connectivity index (χ1v) is 6.73. The van der Waals surface area contributed by atoms with Crippen LogP contribution in [0.4, 0.5) is 5.69 Å². The molecule has 3 rings (SSSR count). The number of fused-ring (bicyclic) bond motifs is 3. The fraction of sp³-hybridized carbons (Fsp3) is 0.600. The zero-order chi connectivity index (χ0) is 11.8. The van der Waals surface area contributed by atoms with Gasteiger partial charge in [-0.1, -0.05) is 25.5 Å². The van der Waals surface area contributed by atoms with E-state index in [1.165, 1.54) is 29.7 Å². The number of benzene rings is 1. The molecule has 0 bridgehead atoms. The van der Waals surface area contributed by atoms with Gasteiger partial charge in [0, 0.05) is 12.2 Å². The van der Waals surface area contributed by atoms with E-state index in [2.05, 4.69) is 36.9 Å². The standard InChI is InChI=1S/C15H21NO/c1-3-12-9-13-5-4-11(2)8-14(13)16-6-7-17-10-15(12)16/h4-5,8,12,15H,3,6-7,9-10H2,1-2H3. The van der Waals surface area contributed by atoms with Gasteiger partial charge in [0.05, 0.1) is 19.3 Å². The van der Waals surface area contributed by atoms with Crippen molar-refractivity contribution < 1.29 is 4.74 Å². The second kappa shape index (κ2) is 4.34. The van der Waals surface area contributed by atoms with Crippen molar-refractivity contribution in [1.82, 2.24) is 0 Å². The molecule has 0 saturated carbocycles. The van der Waals surface area contributed by atoms with E-state index < -0.39 is 0 Å². The van der Waals surface area contributed by atoms with Gasteiger partial charge in [0.25, 0.3) is 0 Å². The minimum atomic E-state index is 0.600. The first-order chi connectivity index (χ1) is 8.29.